The molecule has 1 aromatic carbocycles. The van der Waals surface area contributed by atoms with E-state index in [0.29, 0.717) is 11.6 Å². The number of carboxylic acid groups (broad SMARTS) is 1. The van der Waals surface area contributed by atoms with Crippen LogP contribution in [0.4, 0.5) is 0 Å². The zero-order valence-electron chi connectivity index (χ0n) is 13.3. The molecule has 5 nitrogen and oxygen atoms in total. The van der Waals surface area contributed by atoms with E-state index in [9.17, 15) is 4.79 Å². The first-order chi connectivity index (χ1) is 11.0. The molecule has 0 aliphatic heterocycles. The highest BCUT2D eigenvalue weighted by molar-refractivity contribution is 5.88. The van der Waals surface area contributed by atoms with E-state index >= 15 is 0 Å². The number of aromatic nitrogens is 2. The lowest BCUT2D eigenvalue weighted by Crippen LogP contribution is -1.96. The Hall–Kier alpha value is -2.82. The maximum atomic E-state index is 11.1. The number of methoxy groups -OCH3 is 1. The number of aromatic carboxylic acids is 1. The van der Waals surface area contributed by atoms with Gasteiger partial charge >= 0.3 is 5.97 Å². The predicted molar refractivity (Wildman–Crippen MR) is 88.2 cm³/mol. The van der Waals surface area contributed by atoms with E-state index < -0.39 is 5.97 Å². The molecule has 0 saturated carbocycles. The number of hydrogen-bond donors (Lipinski definition) is 1. The van der Waals surface area contributed by atoms with Gasteiger partial charge in [0.25, 0.3) is 0 Å². The van der Waals surface area contributed by atoms with Crippen molar-refractivity contribution in [3.8, 4) is 17.0 Å². The molecule has 0 bridgehead atoms. The van der Waals surface area contributed by atoms with Crippen molar-refractivity contribution < 1.29 is 14.6 Å². The number of carboxylic acids is 1. The Morgan fingerprint density at radius 2 is 2.04 bits per heavy atom. The fraction of sp³-hybridized carbons (Fsp3) is 0.222. The molecule has 0 amide bonds. The van der Waals surface area contributed by atoms with E-state index in [4.69, 9.17) is 9.84 Å². The smallest absolute Gasteiger partial charge is 0.335 e. The highest BCUT2D eigenvalue weighted by Gasteiger charge is 2.13. The first-order valence-electron chi connectivity index (χ1n) is 7.40. The summed E-state index contributed by atoms with van der Waals surface area (Å²) in [6, 6.07) is 9.18. The summed E-state index contributed by atoms with van der Waals surface area (Å²) in [5.41, 5.74) is 3.67. The van der Waals surface area contributed by atoms with Crippen molar-refractivity contribution in [2.24, 2.45) is 0 Å². The van der Waals surface area contributed by atoms with E-state index in [1.54, 1.807) is 25.4 Å². The first kappa shape index (κ1) is 15.1. The van der Waals surface area contributed by atoms with Crippen LogP contribution in [0.2, 0.25) is 0 Å². The van der Waals surface area contributed by atoms with Gasteiger partial charge in [-0.2, -0.15) is 0 Å². The van der Waals surface area contributed by atoms with Crippen LogP contribution in [0.1, 0.15) is 35.7 Å². The van der Waals surface area contributed by atoms with Gasteiger partial charge in [-0.25, -0.2) is 9.78 Å². The average molecular weight is 310 g/mol. The Morgan fingerprint density at radius 1 is 1.26 bits per heavy atom. The molecule has 1 N–H and O–H groups in total. The molecular formula is C18H18N2O3. The lowest BCUT2D eigenvalue weighted by molar-refractivity contribution is 0.0697. The van der Waals surface area contributed by atoms with Crippen LogP contribution in [0, 0.1) is 0 Å². The Bertz CT molecular complexity index is 881. The molecule has 0 aliphatic carbocycles. The molecule has 3 aromatic rings. The molecular weight excluding hydrogens is 292 g/mol. The summed E-state index contributed by atoms with van der Waals surface area (Å²) < 4.78 is 7.26. The number of imidazole rings is 1. The molecule has 0 unspecified atom stereocenters. The standard InChI is InChI=1S/C18H18N2O3/c1-11(2)12-4-5-16(23-3)14(8-12)15-10-20-7-6-13(18(21)22)9-17(20)19-15/h4-11H,1-3H3,(H,21,22). The molecule has 2 aromatic heterocycles. The second-order valence-corrected chi connectivity index (χ2v) is 5.73. The van der Waals surface area contributed by atoms with E-state index in [1.807, 2.05) is 22.7 Å². The van der Waals surface area contributed by atoms with Crippen LogP contribution in [0.3, 0.4) is 0 Å². The zero-order valence-corrected chi connectivity index (χ0v) is 13.3. The highest BCUT2D eigenvalue weighted by Crippen LogP contribution is 2.32. The molecule has 0 spiro atoms. The molecule has 0 radical (unpaired) electrons. The summed E-state index contributed by atoms with van der Waals surface area (Å²) in [5.74, 6) is 0.183. The van der Waals surface area contributed by atoms with Gasteiger partial charge in [0.1, 0.15) is 11.4 Å². The molecule has 118 valence electrons. The summed E-state index contributed by atoms with van der Waals surface area (Å²) in [7, 11) is 1.63. The second-order valence-electron chi connectivity index (χ2n) is 5.73. The number of hydrogen-bond acceptors (Lipinski definition) is 3. The molecule has 3 rings (SSSR count). The van der Waals surface area contributed by atoms with Gasteiger partial charge in [0.05, 0.1) is 18.4 Å². The largest absolute Gasteiger partial charge is 0.496 e. The summed E-state index contributed by atoms with van der Waals surface area (Å²) in [6.07, 6.45) is 3.58. The molecule has 0 fully saturated rings. The number of carbonyl (C=O) groups is 1. The third-order valence-corrected chi connectivity index (χ3v) is 3.87. The molecule has 23 heavy (non-hydrogen) atoms. The van der Waals surface area contributed by atoms with Crippen LogP contribution in [0.25, 0.3) is 16.9 Å². The van der Waals surface area contributed by atoms with Crippen LogP contribution in [-0.4, -0.2) is 27.6 Å². The lowest BCUT2D eigenvalue weighted by atomic mass is 9.99. The van der Waals surface area contributed by atoms with Crippen LogP contribution in [0.15, 0.2) is 42.7 Å². The van der Waals surface area contributed by atoms with Crippen LogP contribution >= 0.6 is 0 Å². The molecule has 0 aliphatic rings. The molecule has 0 saturated heterocycles. The number of benzene rings is 1. The van der Waals surface area contributed by atoms with Crippen molar-refractivity contribution in [3.05, 3.63) is 53.9 Å². The molecule has 2 heterocycles. The number of nitrogens with zero attached hydrogens (tertiary/aromatic N) is 2. The van der Waals surface area contributed by atoms with Gasteiger partial charge in [-0.1, -0.05) is 19.9 Å². The third-order valence-electron chi connectivity index (χ3n) is 3.87. The summed E-state index contributed by atoms with van der Waals surface area (Å²) in [6.45, 7) is 4.27. The monoisotopic (exact) mass is 310 g/mol. The number of fused-ring (bicyclic) bond motifs is 1. The van der Waals surface area contributed by atoms with Crippen molar-refractivity contribution in [3.63, 3.8) is 0 Å². The molecule has 5 heteroatoms. The van der Waals surface area contributed by atoms with E-state index in [1.165, 1.54) is 5.56 Å². The average Bonchev–Trinajstić information content (AvgIpc) is 2.96. The third kappa shape index (κ3) is 2.77. The Kier molecular flexibility index (Phi) is 3.78. The van der Waals surface area contributed by atoms with Gasteiger partial charge in [0, 0.05) is 18.0 Å². The van der Waals surface area contributed by atoms with Gasteiger partial charge in [-0.05, 0) is 35.7 Å². The van der Waals surface area contributed by atoms with Crippen molar-refractivity contribution >= 4 is 11.6 Å². The van der Waals surface area contributed by atoms with Gasteiger partial charge < -0.3 is 14.2 Å². The molecule has 0 atom stereocenters. The number of rotatable bonds is 4. The minimum absolute atomic E-state index is 0.220. The predicted octanol–water partition coefficient (Wildman–Crippen LogP) is 3.83. The maximum Gasteiger partial charge on any atom is 0.335 e. The second kappa shape index (κ2) is 5.76. The van der Waals surface area contributed by atoms with Crippen LogP contribution in [0.5, 0.6) is 5.75 Å². The minimum Gasteiger partial charge on any atom is -0.496 e. The summed E-state index contributed by atoms with van der Waals surface area (Å²) in [5, 5.41) is 9.09. The van der Waals surface area contributed by atoms with Gasteiger partial charge in [-0.3, -0.25) is 0 Å². The highest BCUT2D eigenvalue weighted by atomic mass is 16.5. The zero-order chi connectivity index (χ0) is 16.6. The van der Waals surface area contributed by atoms with E-state index in [-0.39, 0.29) is 5.56 Å². The Balaban J connectivity index is 2.15. The summed E-state index contributed by atoms with van der Waals surface area (Å²) >= 11 is 0. The fourth-order valence-electron chi connectivity index (χ4n) is 2.53. The van der Waals surface area contributed by atoms with Crippen LogP contribution < -0.4 is 4.74 Å². The van der Waals surface area contributed by atoms with Gasteiger partial charge in [0.2, 0.25) is 0 Å². The number of ether oxygens (including phenoxy) is 1. The maximum absolute atomic E-state index is 11.1. The number of pyridine rings is 1. The van der Waals surface area contributed by atoms with Gasteiger partial charge in [0.15, 0.2) is 0 Å². The fourth-order valence-corrected chi connectivity index (χ4v) is 2.53. The van der Waals surface area contributed by atoms with Crippen molar-refractivity contribution in [1.82, 2.24) is 9.38 Å². The van der Waals surface area contributed by atoms with E-state index in [2.05, 4.69) is 24.9 Å². The van der Waals surface area contributed by atoms with Gasteiger partial charge in [-0.15, -0.1) is 0 Å². The Morgan fingerprint density at radius 3 is 2.70 bits per heavy atom. The minimum atomic E-state index is -0.962. The first-order valence-corrected chi connectivity index (χ1v) is 7.40. The normalized spacial score (nSPS) is 11.1. The van der Waals surface area contributed by atoms with Crippen LogP contribution in [-0.2, 0) is 0 Å². The van der Waals surface area contributed by atoms with Crippen molar-refractivity contribution in [2.75, 3.05) is 7.11 Å². The topological polar surface area (TPSA) is 63.8 Å². The lowest BCUT2D eigenvalue weighted by Gasteiger charge is -2.11. The SMILES string of the molecule is COc1ccc(C(C)C)cc1-c1cn2ccc(C(=O)O)cc2n1. The van der Waals surface area contributed by atoms with Crippen molar-refractivity contribution in [1.29, 1.82) is 0 Å². The van der Waals surface area contributed by atoms with Crippen molar-refractivity contribution in [2.45, 2.75) is 19.8 Å². The van der Waals surface area contributed by atoms with E-state index in [0.717, 1.165) is 17.0 Å². The Labute approximate surface area is 134 Å². The summed E-state index contributed by atoms with van der Waals surface area (Å²) in [4.78, 5) is 15.6. The quantitative estimate of drug-likeness (QED) is 0.795.